The summed E-state index contributed by atoms with van der Waals surface area (Å²) in [4.78, 5) is 2.36. The van der Waals surface area contributed by atoms with Crippen LogP contribution in [0.2, 0.25) is 0 Å². The Labute approximate surface area is 224 Å². The van der Waals surface area contributed by atoms with Gasteiger partial charge in [-0.15, -0.1) is 0 Å². The maximum Gasteiger partial charge on any atom is 0.0540 e. The highest BCUT2D eigenvalue weighted by molar-refractivity contribution is 9.10. The van der Waals surface area contributed by atoms with Crippen molar-refractivity contribution in [2.24, 2.45) is 0 Å². The van der Waals surface area contributed by atoms with E-state index in [1.165, 1.54) is 33.4 Å². The Morgan fingerprint density at radius 3 is 1.51 bits per heavy atom. The fourth-order valence-electron chi connectivity index (χ4n) is 4.35. The molecule has 0 N–H and O–H groups in total. The number of benzene rings is 5. The molecule has 1 nitrogen and oxygen atoms in total. The smallest absolute Gasteiger partial charge is 0.0540 e. The first-order chi connectivity index (χ1) is 17.0. The lowest BCUT2D eigenvalue weighted by Gasteiger charge is -2.29. The molecule has 0 unspecified atom stereocenters. The molecular formula is C32H25Br2N. The maximum absolute atomic E-state index is 3.67. The van der Waals surface area contributed by atoms with Gasteiger partial charge < -0.3 is 4.90 Å². The van der Waals surface area contributed by atoms with Gasteiger partial charge in [0.1, 0.15) is 0 Å². The highest BCUT2D eigenvalue weighted by Crippen LogP contribution is 2.43. The number of nitrogens with zero attached hydrogens (tertiary/aromatic N) is 1. The van der Waals surface area contributed by atoms with Crippen LogP contribution in [0.15, 0.2) is 124 Å². The van der Waals surface area contributed by atoms with Gasteiger partial charge in [-0.3, -0.25) is 0 Å². The van der Waals surface area contributed by atoms with Crippen molar-refractivity contribution in [3.05, 3.63) is 135 Å². The van der Waals surface area contributed by atoms with Gasteiger partial charge >= 0.3 is 0 Å². The number of aryl methyl sites for hydroxylation is 2. The third-order valence-corrected chi connectivity index (χ3v) is 8.01. The summed E-state index contributed by atoms with van der Waals surface area (Å²) in [5.41, 5.74) is 10.6. The molecule has 3 heteroatoms. The predicted octanol–water partition coefficient (Wildman–Crippen LogP) is 10.6. The molecule has 0 amide bonds. The van der Waals surface area contributed by atoms with Crippen molar-refractivity contribution >= 4 is 48.9 Å². The van der Waals surface area contributed by atoms with Crippen molar-refractivity contribution in [1.29, 1.82) is 0 Å². The minimum atomic E-state index is 1.11. The van der Waals surface area contributed by atoms with Gasteiger partial charge in [0.15, 0.2) is 0 Å². The van der Waals surface area contributed by atoms with Crippen molar-refractivity contribution in [2.45, 2.75) is 13.8 Å². The van der Waals surface area contributed by atoms with Gasteiger partial charge in [-0.05, 0) is 90.2 Å². The molecule has 0 bridgehead atoms. The van der Waals surface area contributed by atoms with Gasteiger partial charge in [-0.1, -0.05) is 98.6 Å². The Kier molecular flexibility index (Phi) is 6.90. The highest BCUT2D eigenvalue weighted by Gasteiger charge is 2.19. The Bertz CT molecular complexity index is 1430. The molecule has 0 radical (unpaired) electrons. The molecule has 172 valence electrons. The van der Waals surface area contributed by atoms with Gasteiger partial charge in [0, 0.05) is 25.9 Å². The van der Waals surface area contributed by atoms with Crippen LogP contribution in [0.3, 0.4) is 0 Å². The zero-order valence-corrected chi connectivity index (χ0v) is 22.8. The summed E-state index contributed by atoms with van der Waals surface area (Å²) in [5, 5.41) is 0. The fourth-order valence-corrected chi connectivity index (χ4v) is 4.85. The zero-order chi connectivity index (χ0) is 24.4. The molecule has 5 aromatic rings. The average molecular weight is 583 g/mol. The molecule has 0 fully saturated rings. The largest absolute Gasteiger partial charge is 0.310 e. The maximum atomic E-state index is 3.67. The Morgan fingerprint density at radius 2 is 1.00 bits per heavy atom. The summed E-state index contributed by atoms with van der Waals surface area (Å²) >= 11 is 7.35. The van der Waals surface area contributed by atoms with Crippen LogP contribution in [0.1, 0.15) is 11.1 Å². The van der Waals surface area contributed by atoms with Crippen molar-refractivity contribution in [3.8, 4) is 22.3 Å². The molecule has 0 atom stereocenters. The molecular weight excluding hydrogens is 558 g/mol. The van der Waals surface area contributed by atoms with Crippen molar-refractivity contribution < 1.29 is 0 Å². The highest BCUT2D eigenvalue weighted by atomic mass is 79.9. The molecule has 0 aliphatic carbocycles. The number of hydrogen-bond acceptors (Lipinski definition) is 1. The number of halogens is 2. The van der Waals surface area contributed by atoms with Gasteiger partial charge in [-0.25, -0.2) is 0 Å². The number of rotatable bonds is 5. The van der Waals surface area contributed by atoms with Crippen LogP contribution >= 0.6 is 31.9 Å². The Morgan fingerprint density at radius 1 is 0.486 bits per heavy atom. The molecule has 0 aliphatic heterocycles. The Balaban J connectivity index is 1.78. The molecule has 35 heavy (non-hydrogen) atoms. The third kappa shape index (κ3) is 4.98. The summed E-state index contributed by atoms with van der Waals surface area (Å²) in [5.74, 6) is 0. The topological polar surface area (TPSA) is 3.24 Å². The summed E-state index contributed by atoms with van der Waals surface area (Å²) in [6, 6.07) is 41.1. The van der Waals surface area contributed by atoms with E-state index in [2.05, 4.69) is 166 Å². The summed E-state index contributed by atoms with van der Waals surface area (Å²) in [6.07, 6.45) is 0. The van der Waals surface area contributed by atoms with Gasteiger partial charge in [-0.2, -0.15) is 0 Å². The Hall–Kier alpha value is -3.14. The number of anilines is 3. The number of hydrogen-bond donors (Lipinski definition) is 0. The second-order valence-electron chi connectivity index (χ2n) is 8.67. The van der Waals surface area contributed by atoms with Crippen molar-refractivity contribution in [3.63, 3.8) is 0 Å². The van der Waals surface area contributed by atoms with E-state index < -0.39 is 0 Å². The quantitative estimate of drug-likeness (QED) is 0.199. The standard InChI is InChI=1S/C32H25Br2N/c1-22-19-27(14-16-30(22)33)35(28-15-17-31(34)23(2)20-28)32-18-13-26(24-9-5-3-6-10-24)21-29(32)25-11-7-4-8-12-25/h3-21H,1-2H3. The van der Waals surface area contributed by atoms with Gasteiger partial charge in [0.25, 0.3) is 0 Å². The monoisotopic (exact) mass is 581 g/mol. The first-order valence-corrected chi connectivity index (χ1v) is 13.2. The minimum absolute atomic E-state index is 1.11. The molecule has 5 rings (SSSR count). The van der Waals surface area contributed by atoms with E-state index in [9.17, 15) is 0 Å². The summed E-state index contributed by atoms with van der Waals surface area (Å²) in [7, 11) is 0. The van der Waals surface area contributed by atoms with Crippen LogP contribution in [0.4, 0.5) is 17.1 Å². The molecule has 0 heterocycles. The van der Waals surface area contributed by atoms with Crippen LogP contribution in [0.5, 0.6) is 0 Å². The lowest BCUT2D eigenvalue weighted by molar-refractivity contribution is 1.25. The van der Waals surface area contributed by atoms with Crippen LogP contribution < -0.4 is 4.90 Å². The SMILES string of the molecule is Cc1cc(N(c2ccc(Br)c(C)c2)c2ccc(-c3ccccc3)cc2-c2ccccc2)ccc1Br. The van der Waals surface area contributed by atoms with Crippen LogP contribution in [-0.2, 0) is 0 Å². The fraction of sp³-hybridized carbons (Fsp3) is 0.0625. The van der Waals surface area contributed by atoms with Gasteiger partial charge in [0.05, 0.1) is 5.69 Å². The van der Waals surface area contributed by atoms with E-state index >= 15 is 0 Å². The first-order valence-electron chi connectivity index (χ1n) is 11.6. The van der Waals surface area contributed by atoms with E-state index in [0.29, 0.717) is 0 Å². The first kappa shape index (κ1) is 23.6. The van der Waals surface area contributed by atoms with E-state index in [4.69, 9.17) is 0 Å². The van der Waals surface area contributed by atoms with Crippen LogP contribution in [0.25, 0.3) is 22.3 Å². The predicted molar refractivity (Wildman–Crippen MR) is 157 cm³/mol. The van der Waals surface area contributed by atoms with E-state index in [1.807, 2.05) is 0 Å². The normalized spacial score (nSPS) is 10.9. The average Bonchev–Trinajstić information content (AvgIpc) is 2.89. The van der Waals surface area contributed by atoms with Gasteiger partial charge in [0.2, 0.25) is 0 Å². The molecule has 5 aromatic carbocycles. The second kappa shape index (κ2) is 10.2. The van der Waals surface area contributed by atoms with Crippen molar-refractivity contribution in [2.75, 3.05) is 4.90 Å². The summed E-state index contributed by atoms with van der Waals surface area (Å²) < 4.78 is 2.21. The molecule has 0 aliphatic rings. The molecule has 0 saturated heterocycles. The summed E-state index contributed by atoms with van der Waals surface area (Å²) in [6.45, 7) is 4.27. The van der Waals surface area contributed by atoms with Crippen LogP contribution in [0, 0.1) is 13.8 Å². The minimum Gasteiger partial charge on any atom is -0.310 e. The third-order valence-electron chi connectivity index (χ3n) is 6.23. The lowest BCUT2D eigenvalue weighted by Crippen LogP contribution is -2.12. The van der Waals surface area contributed by atoms with Crippen molar-refractivity contribution in [1.82, 2.24) is 0 Å². The molecule has 0 saturated carbocycles. The van der Waals surface area contributed by atoms with Crippen LogP contribution in [-0.4, -0.2) is 0 Å². The van der Waals surface area contributed by atoms with E-state index in [-0.39, 0.29) is 0 Å². The van der Waals surface area contributed by atoms with E-state index in [1.54, 1.807) is 0 Å². The lowest BCUT2D eigenvalue weighted by atomic mass is 9.96. The second-order valence-corrected chi connectivity index (χ2v) is 10.4. The molecule has 0 aromatic heterocycles. The van der Waals surface area contributed by atoms with E-state index in [0.717, 1.165) is 26.0 Å². The zero-order valence-electron chi connectivity index (χ0n) is 19.7. The molecule has 0 spiro atoms.